The Morgan fingerprint density at radius 1 is 1.57 bits per heavy atom. The van der Waals surface area contributed by atoms with Crippen LogP contribution in [0.25, 0.3) is 0 Å². The summed E-state index contributed by atoms with van der Waals surface area (Å²) in [6.07, 6.45) is 2.04. The quantitative estimate of drug-likeness (QED) is 0.825. The Hall–Kier alpha value is -0.330. The molecule has 0 aliphatic carbocycles. The highest BCUT2D eigenvalue weighted by atomic mass is 32.2. The molecule has 1 aromatic heterocycles. The second-order valence-electron chi connectivity index (χ2n) is 3.40. The van der Waals surface area contributed by atoms with E-state index in [0.717, 1.165) is 36.6 Å². The molecule has 1 fully saturated rings. The third kappa shape index (κ3) is 2.83. The van der Waals surface area contributed by atoms with E-state index >= 15 is 0 Å². The molecule has 1 aliphatic heterocycles. The standard InChI is InChI=1S/C8H13N3OS2/c12-14-3-1-7(2-4-14)9-5-8-6-13-11-10-8/h6-7,9H,1-5H2. The third-order valence-corrected chi connectivity index (χ3v) is 4.30. The minimum absolute atomic E-state index is 0.509. The fraction of sp³-hybridized carbons (Fsp3) is 0.750. The molecule has 4 nitrogen and oxygen atoms in total. The lowest BCUT2D eigenvalue weighted by molar-refractivity contribution is 0.472. The second-order valence-corrected chi connectivity index (χ2v) is 5.71. The van der Waals surface area contributed by atoms with Gasteiger partial charge in [0.2, 0.25) is 0 Å². The molecular weight excluding hydrogens is 218 g/mol. The average Bonchev–Trinajstić information content (AvgIpc) is 2.70. The highest BCUT2D eigenvalue weighted by Gasteiger charge is 2.17. The molecule has 2 rings (SSSR count). The molecule has 78 valence electrons. The van der Waals surface area contributed by atoms with E-state index in [-0.39, 0.29) is 0 Å². The second kappa shape index (κ2) is 4.95. The molecule has 0 unspecified atom stereocenters. The molecule has 0 saturated carbocycles. The molecule has 1 N–H and O–H groups in total. The van der Waals surface area contributed by atoms with E-state index in [4.69, 9.17) is 0 Å². The van der Waals surface area contributed by atoms with Crippen LogP contribution < -0.4 is 5.32 Å². The predicted octanol–water partition coefficient (Wildman–Crippen LogP) is 0.539. The highest BCUT2D eigenvalue weighted by Crippen LogP contribution is 2.09. The SMILES string of the molecule is O=S1CCC(NCc2csnn2)CC1. The zero-order chi connectivity index (χ0) is 9.80. The van der Waals surface area contributed by atoms with Crippen molar-refractivity contribution >= 4 is 22.3 Å². The van der Waals surface area contributed by atoms with Gasteiger partial charge in [0.1, 0.15) is 0 Å². The minimum atomic E-state index is -0.567. The number of aromatic nitrogens is 2. The first-order valence-electron chi connectivity index (χ1n) is 4.69. The van der Waals surface area contributed by atoms with Crippen molar-refractivity contribution in [2.75, 3.05) is 11.5 Å². The summed E-state index contributed by atoms with van der Waals surface area (Å²) in [7, 11) is -0.567. The molecule has 14 heavy (non-hydrogen) atoms. The summed E-state index contributed by atoms with van der Waals surface area (Å²) in [4.78, 5) is 0. The van der Waals surface area contributed by atoms with Gasteiger partial charge < -0.3 is 5.32 Å². The Bertz CT molecular complexity index is 292. The maximum absolute atomic E-state index is 11.1. The minimum Gasteiger partial charge on any atom is -0.308 e. The first kappa shape index (κ1) is 10.2. The van der Waals surface area contributed by atoms with E-state index in [0.29, 0.717) is 6.04 Å². The summed E-state index contributed by atoms with van der Waals surface area (Å²) in [6.45, 7) is 0.786. The molecule has 0 aromatic carbocycles. The van der Waals surface area contributed by atoms with Crippen LogP contribution in [0.1, 0.15) is 18.5 Å². The van der Waals surface area contributed by atoms with Gasteiger partial charge in [-0.3, -0.25) is 4.21 Å². The van der Waals surface area contributed by atoms with Gasteiger partial charge in [-0.15, -0.1) is 5.10 Å². The van der Waals surface area contributed by atoms with Crippen LogP contribution in [0, 0.1) is 0 Å². The summed E-state index contributed by atoms with van der Waals surface area (Å²) < 4.78 is 14.9. The van der Waals surface area contributed by atoms with Crippen LogP contribution in [0.15, 0.2) is 5.38 Å². The largest absolute Gasteiger partial charge is 0.308 e. The summed E-state index contributed by atoms with van der Waals surface area (Å²) in [5.74, 6) is 1.68. The molecule has 2 heterocycles. The Morgan fingerprint density at radius 2 is 2.36 bits per heavy atom. The van der Waals surface area contributed by atoms with E-state index in [2.05, 4.69) is 14.9 Å². The first-order chi connectivity index (χ1) is 6.84. The average molecular weight is 231 g/mol. The molecule has 0 atom stereocenters. The van der Waals surface area contributed by atoms with Gasteiger partial charge in [0.15, 0.2) is 0 Å². The smallest absolute Gasteiger partial charge is 0.0893 e. The predicted molar refractivity (Wildman–Crippen MR) is 57.6 cm³/mol. The third-order valence-electron chi connectivity index (χ3n) is 2.36. The fourth-order valence-corrected chi connectivity index (χ4v) is 3.26. The van der Waals surface area contributed by atoms with Crippen molar-refractivity contribution in [3.63, 3.8) is 0 Å². The molecule has 0 amide bonds. The lowest BCUT2D eigenvalue weighted by Crippen LogP contribution is -2.35. The van der Waals surface area contributed by atoms with Gasteiger partial charge in [-0.05, 0) is 24.4 Å². The zero-order valence-corrected chi connectivity index (χ0v) is 9.44. The van der Waals surface area contributed by atoms with E-state index < -0.39 is 10.8 Å². The first-order valence-corrected chi connectivity index (χ1v) is 7.01. The summed E-state index contributed by atoms with van der Waals surface area (Å²) >= 11 is 1.38. The van der Waals surface area contributed by atoms with E-state index in [1.54, 1.807) is 0 Å². The maximum atomic E-state index is 11.1. The van der Waals surface area contributed by atoms with Crippen LogP contribution in [0.3, 0.4) is 0 Å². The van der Waals surface area contributed by atoms with Crippen molar-refractivity contribution in [3.8, 4) is 0 Å². The molecule has 0 bridgehead atoms. The van der Waals surface area contributed by atoms with Gasteiger partial charge >= 0.3 is 0 Å². The number of hydrogen-bond acceptors (Lipinski definition) is 5. The Labute approximate surface area is 89.7 Å². The molecular formula is C8H13N3OS2. The number of hydrogen-bond donors (Lipinski definition) is 1. The summed E-state index contributed by atoms with van der Waals surface area (Å²) in [5, 5.41) is 9.33. The van der Waals surface area contributed by atoms with Crippen molar-refractivity contribution in [2.45, 2.75) is 25.4 Å². The number of nitrogens with zero attached hydrogens (tertiary/aromatic N) is 2. The molecule has 6 heteroatoms. The molecule has 0 radical (unpaired) electrons. The van der Waals surface area contributed by atoms with E-state index in [1.807, 2.05) is 5.38 Å². The topological polar surface area (TPSA) is 54.9 Å². The van der Waals surface area contributed by atoms with E-state index in [9.17, 15) is 4.21 Å². The van der Waals surface area contributed by atoms with Gasteiger partial charge in [-0.1, -0.05) is 4.49 Å². The lowest BCUT2D eigenvalue weighted by atomic mass is 10.1. The van der Waals surface area contributed by atoms with Crippen LogP contribution in [0.5, 0.6) is 0 Å². The molecule has 1 saturated heterocycles. The van der Waals surface area contributed by atoms with Crippen LogP contribution in [0.4, 0.5) is 0 Å². The summed E-state index contributed by atoms with van der Waals surface area (Å²) in [5.41, 5.74) is 1.00. The van der Waals surface area contributed by atoms with Crippen LogP contribution >= 0.6 is 11.5 Å². The number of nitrogens with one attached hydrogen (secondary N) is 1. The maximum Gasteiger partial charge on any atom is 0.0893 e. The van der Waals surface area contributed by atoms with Crippen molar-refractivity contribution in [3.05, 3.63) is 11.1 Å². The highest BCUT2D eigenvalue weighted by molar-refractivity contribution is 7.85. The van der Waals surface area contributed by atoms with Crippen molar-refractivity contribution < 1.29 is 4.21 Å². The summed E-state index contributed by atoms with van der Waals surface area (Å²) in [6, 6.07) is 0.509. The van der Waals surface area contributed by atoms with Gasteiger partial charge in [0.05, 0.1) is 5.69 Å². The Morgan fingerprint density at radius 3 is 3.00 bits per heavy atom. The van der Waals surface area contributed by atoms with E-state index in [1.165, 1.54) is 11.5 Å². The molecule has 1 aromatic rings. The van der Waals surface area contributed by atoms with Crippen LogP contribution in [0.2, 0.25) is 0 Å². The molecule has 1 aliphatic rings. The zero-order valence-electron chi connectivity index (χ0n) is 7.81. The van der Waals surface area contributed by atoms with Crippen LogP contribution in [-0.4, -0.2) is 31.3 Å². The van der Waals surface area contributed by atoms with Crippen LogP contribution in [-0.2, 0) is 17.3 Å². The lowest BCUT2D eigenvalue weighted by Gasteiger charge is -2.21. The van der Waals surface area contributed by atoms with Crippen molar-refractivity contribution in [2.24, 2.45) is 0 Å². The van der Waals surface area contributed by atoms with Crippen molar-refractivity contribution in [1.29, 1.82) is 0 Å². The van der Waals surface area contributed by atoms with Crippen molar-refractivity contribution in [1.82, 2.24) is 14.9 Å². The molecule has 0 spiro atoms. The number of rotatable bonds is 3. The Balaban J connectivity index is 1.73. The van der Waals surface area contributed by atoms with Gasteiger partial charge in [-0.25, -0.2) is 0 Å². The van der Waals surface area contributed by atoms with Gasteiger partial charge in [-0.2, -0.15) is 0 Å². The monoisotopic (exact) mass is 231 g/mol. The fourth-order valence-electron chi connectivity index (χ4n) is 1.51. The normalized spacial score (nSPS) is 27.7. The Kier molecular flexibility index (Phi) is 3.61. The van der Waals surface area contributed by atoms with Gasteiger partial charge in [0, 0.05) is 40.3 Å². The van der Waals surface area contributed by atoms with Gasteiger partial charge in [0.25, 0.3) is 0 Å².